The van der Waals surface area contributed by atoms with Gasteiger partial charge in [-0.05, 0) is 60.8 Å². The summed E-state index contributed by atoms with van der Waals surface area (Å²) in [5.74, 6) is 1.53. The number of fused-ring (bicyclic) bond motifs is 2. The van der Waals surface area contributed by atoms with Crippen LogP contribution in [0.25, 0.3) is 6.08 Å². The number of nitrogens with zero attached hydrogens (tertiary/aromatic N) is 1. The Balaban J connectivity index is 1.72. The minimum atomic E-state index is 0.115. The molecule has 4 nitrogen and oxygen atoms in total. The Morgan fingerprint density at radius 2 is 2.04 bits per heavy atom. The molecule has 0 N–H and O–H groups in total. The summed E-state index contributed by atoms with van der Waals surface area (Å²) in [5, 5.41) is 0. The number of rotatable bonds is 5. The van der Waals surface area contributed by atoms with Crippen molar-refractivity contribution in [3.8, 4) is 11.5 Å². The van der Waals surface area contributed by atoms with Gasteiger partial charge in [-0.1, -0.05) is 26.8 Å². The van der Waals surface area contributed by atoms with Gasteiger partial charge in [-0.25, -0.2) is 0 Å². The van der Waals surface area contributed by atoms with E-state index in [-0.39, 0.29) is 11.3 Å². The Labute approximate surface area is 157 Å². The van der Waals surface area contributed by atoms with Crippen molar-refractivity contribution in [1.29, 1.82) is 0 Å². The van der Waals surface area contributed by atoms with Crippen LogP contribution in [-0.4, -0.2) is 37.1 Å². The summed E-state index contributed by atoms with van der Waals surface area (Å²) >= 11 is 0. The molecule has 2 bridgehead atoms. The Morgan fingerprint density at radius 1 is 1.27 bits per heavy atom. The van der Waals surface area contributed by atoms with Crippen LogP contribution in [0.4, 0.5) is 0 Å². The maximum atomic E-state index is 12.8. The quantitative estimate of drug-likeness (QED) is 0.727. The maximum absolute atomic E-state index is 12.8. The molecule has 1 saturated carbocycles. The number of benzene rings is 1. The van der Waals surface area contributed by atoms with Gasteiger partial charge in [0.15, 0.2) is 11.5 Å². The van der Waals surface area contributed by atoms with Crippen LogP contribution in [-0.2, 0) is 4.79 Å². The first-order valence-electron chi connectivity index (χ1n) is 9.55. The van der Waals surface area contributed by atoms with E-state index in [4.69, 9.17) is 9.47 Å². The third-order valence-electron chi connectivity index (χ3n) is 5.60. The molecule has 1 aliphatic carbocycles. The molecule has 2 unspecified atom stereocenters. The topological polar surface area (TPSA) is 38.8 Å². The Bertz CT molecular complexity index is 709. The molecule has 2 fully saturated rings. The fraction of sp³-hybridized carbons (Fsp3) is 0.591. The van der Waals surface area contributed by atoms with Crippen LogP contribution in [0.1, 0.15) is 52.5 Å². The van der Waals surface area contributed by atoms with Crippen molar-refractivity contribution in [3.63, 3.8) is 0 Å². The summed E-state index contributed by atoms with van der Waals surface area (Å²) in [6.45, 7) is 10.4. The van der Waals surface area contributed by atoms with Gasteiger partial charge in [-0.15, -0.1) is 0 Å². The highest BCUT2D eigenvalue weighted by molar-refractivity contribution is 5.92. The molecule has 142 valence electrons. The highest BCUT2D eigenvalue weighted by atomic mass is 16.5. The van der Waals surface area contributed by atoms with Crippen molar-refractivity contribution in [2.75, 3.05) is 20.3 Å². The summed E-state index contributed by atoms with van der Waals surface area (Å²) in [5.41, 5.74) is 1.52. The normalized spacial score (nSPS) is 27.0. The second kappa shape index (κ2) is 6.98. The zero-order chi connectivity index (χ0) is 18.9. The fourth-order valence-electron chi connectivity index (χ4n) is 5.04. The van der Waals surface area contributed by atoms with E-state index >= 15 is 0 Å². The highest BCUT2D eigenvalue weighted by Crippen LogP contribution is 2.52. The number of methoxy groups -OCH3 is 1. The molecule has 0 aromatic heterocycles. The standard InChI is InChI=1S/C22H31NO3/c1-6-26-18-9-7-16(11-19(18)25-5)8-10-20(24)23-15-22(4)13-17(23)12-21(2,3)14-22/h7-11,17H,6,12-15H2,1-5H3/b10-8+. The molecule has 4 heteroatoms. The molecule has 26 heavy (non-hydrogen) atoms. The number of carbonyl (C=O) groups is 1. The van der Waals surface area contributed by atoms with E-state index in [9.17, 15) is 4.79 Å². The highest BCUT2D eigenvalue weighted by Gasteiger charge is 2.50. The number of ether oxygens (including phenoxy) is 2. The van der Waals surface area contributed by atoms with E-state index in [2.05, 4.69) is 25.7 Å². The number of hydrogen-bond acceptors (Lipinski definition) is 3. The van der Waals surface area contributed by atoms with Crippen LogP contribution < -0.4 is 9.47 Å². The lowest BCUT2D eigenvalue weighted by atomic mass is 9.65. The number of hydrogen-bond donors (Lipinski definition) is 0. The second-order valence-corrected chi connectivity index (χ2v) is 8.86. The minimum absolute atomic E-state index is 0.115. The first-order chi connectivity index (χ1) is 12.3. The SMILES string of the molecule is CCOc1ccc(/C=C/C(=O)N2CC3(C)CC2CC(C)(C)C3)cc1OC. The lowest BCUT2D eigenvalue weighted by Gasteiger charge is -2.39. The molecule has 2 aliphatic rings. The average molecular weight is 357 g/mol. The monoisotopic (exact) mass is 357 g/mol. The van der Waals surface area contributed by atoms with Gasteiger partial charge in [0.05, 0.1) is 13.7 Å². The summed E-state index contributed by atoms with van der Waals surface area (Å²) in [6, 6.07) is 6.11. The van der Waals surface area contributed by atoms with Crippen molar-refractivity contribution in [2.45, 2.75) is 53.0 Å². The fourth-order valence-corrected chi connectivity index (χ4v) is 5.04. The van der Waals surface area contributed by atoms with E-state index in [1.807, 2.05) is 31.2 Å². The molecule has 3 rings (SSSR count). The van der Waals surface area contributed by atoms with Gasteiger partial charge in [0.25, 0.3) is 0 Å². The van der Waals surface area contributed by atoms with E-state index in [1.54, 1.807) is 13.2 Å². The molecule has 1 saturated heterocycles. The second-order valence-electron chi connectivity index (χ2n) is 8.86. The van der Waals surface area contributed by atoms with Crippen LogP contribution in [0.15, 0.2) is 24.3 Å². The van der Waals surface area contributed by atoms with E-state index < -0.39 is 0 Å². The van der Waals surface area contributed by atoms with E-state index in [0.717, 1.165) is 30.7 Å². The van der Waals surface area contributed by atoms with Crippen LogP contribution in [0.3, 0.4) is 0 Å². The predicted octanol–water partition coefficient (Wildman–Crippen LogP) is 4.53. The first-order valence-corrected chi connectivity index (χ1v) is 9.55. The summed E-state index contributed by atoms with van der Waals surface area (Å²) < 4.78 is 10.9. The third-order valence-corrected chi connectivity index (χ3v) is 5.60. The molecular formula is C22H31NO3. The lowest BCUT2D eigenvalue weighted by molar-refractivity contribution is -0.127. The molecule has 0 radical (unpaired) electrons. The number of carbonyl (C=O) groups excluding carboxylic acids is 1. The largest absolute Gasteiger partial charge is 0.493 e. The maximum Gasteiger partial charge on any atom is 0.246 e. The number of likely N-dealkylation sites (tertiary alicyclic amines) is 1. The Hall–Kier alpha value is -1.97. The van der Waals surface area contributed by atoms with Crippen molar-refractivity contribution in [1.82, 2.24) is 4.90 Å². The van der Waals surface area contributed by atoms with Gasteiger partial charge in [-0.3, -0.25) is 4.79 Å². The van der Waals surface area contributed by atoms with Gasteiger partial charge in [0.1, 0.15) is 0 Å². The molecule has 1 aromatic carbocycles. The predicted molar refractivity (Wildman–Crippen MR) is 104 cm³/mol. The van der Waals surface area contributed by atoms with Gasteiger partial charge in [-0.2, -0.15) is 0 Å². The smallest absolute Gasteiger partial charge is 0.246 e. The zero-order valence-electron chi connectivity index (χ0n) is 16.7. The average Bonchev–Trinajstić information content (AvgIpc) is 2.82. The van der Waals surface area contributed by atoms with E-state index in [1.165, 1.54) is 6.42 Å². The third kappa shape index (κ3) is 3.89. The van der Waals surface area contributed by atoms with Gasteiger partial charge >= 0.3 is 0 Å². The van der Waals surface area contributed by atoms with Crippen LogP contribution >= 0.6 is 0 Å². The van der Waals surface area contributed by atoms with Crippen molar-refractivity contribution in [3.05, 3.63) is 29.8 Å². The van der Waals surface area contributed by atoms with Crippen molar-refractivity contribution >= 4 is 12.0 Å². The van der Waals surface area contributed by atoms with Gasteiger partial charge in [0.2, 0.25) is 5.91 Å². The Kier molecular flexibility index (Phi) is 5.05. The van der Waals surface area contributed by atoms with Gasteiger partial charge in [0, 0.05) is 18.7 Å². The van der Waals surface area contributed by atoms with Crippen LogP contribution in [0, 0.1) is 10.8 Å². The zero-order valence-corrected chi connectivity index (χ0v) is 16.7. The molecule has 2 atom stereocenters. The minimum Gasteiger partial charge on any atom is -0.493 e. The summed E-state index contributed by atoms with van der Waals surface area (Å²) in [6.07, 6.45) is 6.99. The molecule has 1 aliphatic heterocycles. The van der Waals surface area contributed by atoms with Crippen molar-refractivity contribution < 1.29 is 14.3 Å². The summed E-state index contributed by atoms with van der Waals surface area (Å²) in [7, 11) is 1.63. The van der Waals surface area contributed by atoms with Crippen molar-refractivity contribution in [2.24, 2.45) is 10.8 Å². The first kappa shape index (κ1) is 18.8. The molecule has 1 amide bonds. The van der Waals surface area contributed by atoms with Crippen LogP contribution in [0.5, 0.6) is 11.5 Å². The molecule has 0 spiro atoms. The molecule has 1 heterocycles. The lowest BCUT2D eigenvalue weighted by Crippen LogP contribution is -2.36. The molecular weight excluding hydrogens is 326 g/mol. The van der Waals surface area contributed by atoms with Crippen LogP contribution in [0.2, 0.25) is 0 Å². The number of amides is 1. The van der Waals surface area contributed by atoms with E-state index in [0.29, 0.717) is 23.8 Å². The Morgan fingerprint density at radius 3 is 2.73 bits per heavy atom. The summed E-state index contributed by atoms with van der Waals surface area (Å²) in [4.78, 5) is 14.9. The molecule has 1 aromatic rings. The van der Waals surface area contributed by atoms with Gasteiger partial charge < -0.3 is 14.4 Å².